The van der Waals surface area contributed by atoms with Gasteiger partial charge in [-0.05, 0) is 38.2 Å². The first kappa shape index (κ1) is 16.0. The average molecular weight is 316 g/mol. The van der Waals surface area contributed by atoms with Crippen LogP contribution in [0, 0.1) is 11.8 Å². The van der Waals surface area contributed by atoms with Crippen LogP contribution in [0.3, 0.4) is 0 Å². The molecule has 0 aliphatic heterocycles. The average Bonchev–Trinajstić information content (AvgIpc) is 3.01. The summed E-state index contributed by atoms with van der Waals surface area (Å²) in [7, 11) is 0. The van der Waals surface area contributed by atoms with E-state index in [1.165, 1.54) is 6.33 Å². The van der Waals surface area contributed by atoms with Gasteiger partial charge in [0.25, 0.3) is 0 Å². The molecule has 1 saturated carbocycles. The number of rotatable bonds is 4. The fourth-order valence-electron chi connectivity index (χ4n) is 3.58. The lowest BCUT2D eigenvalue weighted by Crippen LogP contribution is -2.36. The monoisotopic (exact) mass is 316 g/mol. The Morgan fingerprint density at radius 3 is 2.87 bits per heavy atom. The van der Waals surface area contributed by atoms with E-state index in [2.05, 4.69) is 28.0 Å². The molecule has 2 heterocycles. The van der Waals surface area contributed by atoms with Crippen LogP contribution in [0.15, 0.2) is 31.2 Å². The van der Waals surface area contributed by atoms with Crippen molar-refractivity contribution in [1.29, 1.82) is 0 Å². The van der Waals surface area contributed by atoms with Gasteiger partial charge in [0.1, 0.15) is 17.8 Å². The number of aliphatic hydroxyl groups is 1. The summed E-state index contributed by atoms with van der Waals surface area (Å²) in [6, 6.07) is 1.99. The molecule has 1 aliphatic rings. The lowest BCUT2D eigenvalue weighted by molar-refractivity contribution is -0.218. The highest BCUT2D eigenvalue weighted by molar-refractivity contribution is 5.86. The van der Waals surface area contributed by atoms with Gasteiger partial charge >= 0.3 is 0 Å². The summed E-state index contributed by atoms with van der Waals surface area (Å²) in [5, 5.41) is 11.0. The number of ether oxygens (including phenoxy) is 1. The van der Waals surface area contributed by atoms with Crippen LogP contribution >= 0.6 is 0 Å². The van der Waals surface area contributed by atoms with Crippen LogP contribution in [-0.4, -0.2) is 31.5 Å². The van der Waals surface area contributed by atoms with Crippen molar-refractivity contribution in [3.63, 3.8) is 0 Å². The Morgan fingerprint density at radius 2 is 2.22 bits per heavy atom. The standard InChI is InChI=1S/C17H24N4O2/c1-5-11-8-13(14(10(11)2)23-17(3,4)22)21-7-6-12-15(18)19-9-20-16(12)21/h5-7,9-11,13-14,22H,1,8H2,2-4H3,(H2,18,19,20)/t10-,11+,13-,14-/m1/s1. The minimum absolute atomic E-state index is 0.0613. The molecule has 6 heteroatoms. The molecule has 0 aromatic carbocycles. The maximum absolute atomic E-state index is 10.1. The Labute approximate surface area is 136 Å². The Hall–Kier alpha value is -1.92. The van der Waals surface area contributed by atoms with Crippen molar-refractivity contribution in [3.8, 4) is 0 Å². The molecule has 3 N–H and O–H groups in total. The van der Waals surface area contributed by atoms with Crippen molar-refractivity contribution >= 4 is 16.9 Å². The van der Waals surface area contributed by atoms with Gasteiger partial charge in [-0.1, -0.05) is 13.0 Å². The Morgan fingerprint density at radius 1 is 1.48 bits per heavy atom. The summed E-state index contributed by atoms with van der Waals surface area (Å²) < 4.78 is 8.06. The van der Waals surface area contributed by atoms with E-state index < -0.39 is 5.79 Å². The smallest absolute Gasteiger partial charge is 0.160 e. The van der Waals surface area contributed by atoms with E-state index in [0.29, 0.717) is 11.7 Å². The highest BCUT2D eigenvalue weighted by atomic mass is 16.6. The molecule has 6 nitrogen and oxygen atoms in total. The lowest BCUT2D eigenvalue weighted by Gasteiger charge is -2.31. The number of nitrogens with two attached hydrogens (primary N) is 1. The zero-order valence-corrected chi connectivity index (χ0v) is 13.8. The molecule has 0 spiro atoms. The predicted octanol–water partition coefficient (Wildman–Crippen LogP) is 2.51. The minimum atomic E-state index is -1.19. The topological polar surface area (TPSA) is 86.2 Å². The zero-order chi connectivity index (χ0) is 16.8. The molecule has 124 valence electrons. The van der Waals surface area contributed by atoms with E-state index >= 15 is 0 Å². The molecule has 0 unspecified atom stereocenters. The molecule has 4 atom stereocenters. The third-order valence-corrected chi connectivity index (χ3v) is 4.71. The second kappa shape index (κ2) is 5.62. The van der Waals surface area contributed by atoms with Crippen molar-refractivity contribution in [2.24, 2.45) is 11.8 Å². The number of nitrogens with zero attached hydrogens (tertiary/aromatic N) is 3. The Bertz CT molecular complexity index is 719. The molecule has 1 aliphatic carbocycles. The predicted molar refractivity (Wildman–Crippen MR) is 89.6 cm³/mol. The molecule has 0 radical (unpaired) electrons. The number of aromatic nitrogens is 3. The van der Waals surface area contributed by atoms with Crippen LogP contribution in [0.5, 0.6) is 0 Å². The SMILES string of the molecule is C=C[C@H]1C[C@@H](n2ccc3c(N)ncnc32)[C@H](OC(C)(C)O)[C@@H]1C. The van der Waals surface area contributed by atoms with E-state index in [-0.39, 0.29) is 18.1 Å². The van der Waals surface area contributed by atoms with Crippen molar-refractivity contribution in [2.45, 2.75) is 45.1 Å². The van der Waals surface area contributed by atoms with Gasteiger partial charge < -0.3 is 20.1 Å². The van der Waals surface area contributed by atoms with E-state index in [9.17, 15) is 5.11 Å². The highest BCUT2D eigenvalue weighted by Gasteiger charge is 2.43. The summed E-state index contributed by atoms with van der Waals surface area (Å²) in [4.78, 5) is 8.42. The summed E-state index contributed by atoms with van der Waals surface area (Å²) in [5.74, 6) is -0.144. The van der Waals surface area contributed by atoms with Crippen molar-refractivity contribution in [1.82, 2.24) is 14.5 Å². The number of anilines is 1. The minimum Gasteiger partial charge on any atom is -0.383 e. The first-order valence-corrected chi connectivity index (χ1v) is 7.91. The molecule has 2 aromatic rings. The number of hydrogen-bond acceptors (Lipinski definition) is 5. The second-order valence-electron chi connectivity index (χ2n) is 6.81. The van der Waals surface area contributed by atoms with Gasteiger partial charge in [-0.25, -0.2) is 9.97 Å². The molecule has 2 aromatic heterocycles. The molecule has 1 fully saturated rings. The largest absolute Gasteiger partial charge is 0.383 e. The Balaban J connectivity index is 2.04. The lowest BCUT2D eigenvalue weighted by atomic mass is 9.97. The fraction of sp³-hybridized carbons (Fsp3) is 0.529. The summed E-state index contributed by atoms with van der Waals surface area (Å²) in [6.45, 7) is 9.40. The Kier molecular flexibility index (Phi) is 3.90. The molecule has 3 rings (SSSR count). The first-order valence-electron chi connectivity index (χ1n) is 7.91. The second-order valence-corrected chi connectivity index (χ2v) is 6.81. The third kappa shape index (κ3) is 2.84. The normalized spacial score (nSPS) is 28.3. The fourth-order valence-corrected chi connectivity index (χ4v) is 3.58. The van der Waals surface area contributed by atoms with E-state index in [1.807, 2.05) is 18.3 Å². The molecule has 23 heavy (non-hydrogen) atoms. The van der Waals surface area contributed by atoms with Gasteiger partial charge in [-0.2, -0.15) is 0 Å². The summed E-state index contributed by atoms with van der Waals surface area (Å²) in [6.07, 6.45) is 6.17. The van der Waals surface area contributed by atoms with Crippen LogP contribution < -0.4 is 5.73 Å². The first-order chi connectivity index (χ1) is 10.8. The number of nitrogen functional groups attached to an aromatic ring is 1. The summed E-state index contributed by atoms with van der Waals surface area (Å²) in [5.41, 5.74) is 6.73. The quantitative estimate of drug-likeness (QED) is 0.668. The number of hydrogen-bond donors (Lipinski definition) is 2. The third-order valence-electron chi connectivity index (χ3n) is 4.71. The van der Waals surface area contributed by atoms with Crippen LogP contribution in [0.25, 0.3) is 11.0 Å². The van der Waals surface area contributed by atoms with Gasteiger partial charge in [-0.15, -0.1) is 6.58 Å². The molecule has 0 bridgehead atoms. The highest BCUT2D eigenvalue weighted by Crippen LogP contribution is 2.44. The van der Waals surface area contributed by atoms with Gasteiger partial charge in [0.05, 0.1) is 17.5 Å². The maximum atomic E-state index is 10.1. The van der Waals surface area contributed by atoms with Crippen LogP contribution in [0.1, 0.15) is 33.2 Å². The molecular weight excluding hydrogens is 292 g/mol. The van der Waals surface area contributed by atoms with Gasteiger partial charge in [0, 0.05) is 6.20 Å². The molecular formula is C17H24N4O2. The van der Waals surface area contributed by atoms with E-state index in [1.54, 1.807) is 13.8 Å². The molecule has 0 amide bonds. The molecule has 0 saturated heterocycles. The van der Waals surface area contributed by atoms with Gasteiger partial charge in [0.2, 0.25) is 0 Å². The number of fused-ring (bicyclic) bond motifs is 1. The van der Waals surface area contributed by atoms with Crippen molar-refractivity contribution in [2.75, 3.05) is 5.73 Å². The van der Waals surface area contributed by atoms with Gasteiger partial charge in [0.15, 0.2) is 5.79 Å². The van der Waals surface area contributed by atoms with Gasteiger partial charge in [-0.3, -0.25) is 0 Å². The van der Waals surface area contributed by atoms with E-state index in [0.717, 1.165) is 17.5 Å². The van der Waals surface area contributed by atoms with E-state index in [4.69, 9.17) is 10.5 Å². The van der Waals surface area contributed by atoms with Crippen molar-refractivity contribution < 1.29 is 9.84 Å². The number of allylic oxidation sites excluding steroid dienone is 1. The maximum Gasteiger partial charge on any atom is 0.160 e. The van der Waals surface area contributed by atoms with Crippen LogP contribution in [0.4, 0.5) is 5.82 Å². The van der Waals surface area contributed by atoms with Crippen LogP contribution in [0.2, 0.25) is 0 Å². The van der Waals surface area contributed by atoms with Crippen molar-refractivity contribution in [3.05, 3.63) is 31.2 Å². The van der Waals surface area contributed by atoms with Crippen LogP contribution in [-0.2, 0) is 4.74 Å². The summed E-state index contributed by atoms with van der Waals surface area (Å²) >= 11 is 0. The zero-order valence-electron chi connectivity index (χ0n) is 13.8.